The van der Waals surface area contributed by atoms with Crippen LogP contribution in [0.3, 0.4) is 0 Å². The summed E-state index contributed by atoms with van der Waals surface area (Å²) in [5.74, 6) is 0. The van der Waals surface area contributed by atoms with Gasteiger partial charge in [-0.2, -0.15) is 0 Å². The Morgan fingerprint density at radius 2 is 1.84 bits per heavy atom. The molecule has 1 nitrogen and oxygen atoms in total. The van der Waals surface area contributed by atoms with Crippen molar-refractivity contribution >= 4 is 21.6 Å². The second kappa shape index (κ2) is 6.78. The van der Waals surface area contributed by atoms with E-state index in [0.717, 1.165) is 11.9 Å². The van der Waals surface area contributed by atoms with Gasteiger partial charge in [-0.1, -0.05) is 53.4 Å². The normalized spacial score (nSPS) is 18.3. The first-order valence-corrected chi connectivity index (χ1v) is 8.69. The lowest BCUT2D eigenvalue weighted by atomic mass is 9.75. The van der Waals surface area contributed by atoms with Crippen LogP contribution in [0.1, 0.15) is 44.6 Å². The van der Waals surface area contributed by atoms with Gasteiger partial charge in [-0.25, -0.2) is 0 Å². The molecule has 0 heterocycles. The molecule has 1 fully saturated rings. The fourth-order valence-corrected chi connectivity index (χ4v) is 4.06. The number of alkyl halides is 1. The van der Waals surface area contributed by atoms with Crippen molar-refractivity contribution in [3.8, 4) is 0 Å². The van der Waals surface area contributed by atoms with E-state index in [4.69, 9.17) is 0 Å². The van der Waals surface area contributed by atoms with Crippen LogP contribution in [-0.2, 0) is 0 Å². The third-order valence-electron chi connectivity index (χ3n) is 4.56. The topological polar surface area (TPSA) is 3.24 Å². The molecule has 0 spiro atoms. The van der Waals surface area contributed by atoms with Crippen molar-refractivity contribution in [3.63, 3.8) is 0 Å². The van der Waals surface area contributed by atoms with Crippen LogP contribution in [0.2, 0.25) is 0 Å². The quantitative estimate of drug-likeness (QED) is 0.676. The van der Waals surface area contributed by atoms with Crippen LogP contribution in [0.15, 0.2) is 24.3 Å². The summed E-state index contributed by atoms with van der Waals surface area (Å²) in [5, 5.41) is 1.14. The number of rotatable bonds is 5. The average Bonchev–Trinajstić information content (AvgIpc) is 2.47. The van der Waals surface area contributed by atoms with E-state index in [0.29, 0.717) is 5.41 Å². The molecule has 106 valence electrons. The van der Waals surface area contributed by atoms with Gasteiger partial charge in [-0.05, 0) is 43.7 Å². The highest BCUT2D eigenvalue weighted by Gasteiger charge is 2.32. The fraction of sp³-hybridized carbons (Fsp3) is 0.647. The molecule has 1 aliphatic rings. The minimum Gasteiger partial charge on any atom is -0.371 e. The fourth-order valence-electron chi connectivity index (χ4n) is 3.33. The van der Waals surface area contributed by atoms with Crippen LogP contribution >= 0.6 is 15.9 Å². The number of hydrogen-bond donors (Lipinski definition) is 0. The van der Waals surface area contributed by atoms with Crippen molar-refractivity contribution in [2.45, 2.75) is 46.0 Å². The van der Waals surface area contributed by atoms with Crippen molar-refractivity contribution in [1.29, 1.82) is 0 Å². The summed E-state index contributed by atoms with van der Waals surface area (Å²) in [6.07, 6.45) is 6.97. The van der Waals surface area contributed by atoms with Gasteiger partial charge in [-0.15, -0.1) is 0 Å². The Kier molecular flexibility index (Phi) is 5.32. The SMILES string of the molecule is CCN(CC1(CBr)CCCCC1)c1ccccc1C. The molecule has 19 heavy (non-hydrogen) atoms. The zero-order valence-corrected chi connectivity index (χ0v) is 13.9. The van der Waals surface area contributed by atoms with Crippen LogP contribution in [0.4, 0.5) is 5.69 Å². The van der Waals surface area contributed by atoms with Gasteiger partial charge in [0.1, 0.15) is 0 Å². The van der Waals surface area contributed by atoms with Crippen molar-refractivity contribution in [2.75, 3.05) is 23.3 Å². The van der Waals surface area contributed by atoms with E-state index in [-0.39, 0.29) is 0 Å². The summed E-state index contributed by atoms with van der Waals surface area (Å²) in [7, 11) is 0. The van der Waals surface area contributed by atoms with E-state index in [1.54, 1.807) is 0 Å². The van der Waals surface area contributed by atoms with Crippen LogP contribution in [-0.4, -0.2) is 18.4 Å². The molecular formula is C17H26BrN. The maximum absolute atomic E-state index is 3.79. The predicted octanol–water partition coefficient (Wildman–Crippen LogP) is 5.17. The highest BCUT2D eigenvalue weighted by atomic mass is 79.9. The first kappa shape index (κ1) is 14.9. The van der Waals surface area contributed by atoms with Gasteiger partial charge < -0.3 is 4.90 Å². The van der Waals surface area contributed by atoms with Gasteiger partial charge in [0.25, 0.3) is 0 Å². The highest BCUT2D eigenvalue weighted by Crippen LogP contribution is 2.39. The van der Waals surface area contributed by atoms with E-state index >= 15 is 0 Å². The van der Waals surface area contributed by atoms with Crippen LogP contribution in [0.25, 0.3) is 0 Å². The number of hydrogen-bond acceptors (Lipinski definition) is 1. The molecule has 0 aliphatic heterocycles. The lowest BCUT2D eigenvalue weighted by Gasteiger charge is -2.41. The summed E-state index contributed by atoms with van der Waals surface area (Å²) in [6, 6.07) is 8.78. The Morgan fingerprint density at radius 3 is 2.42 bits per heavy atom. The standard InChI is InChI=1S/C17H26BrN/c1-3-19(16-10-6-5-9-15(16)2)14-17(13-18)11-7-4-8-12-17/h5-6,9-10H,3-4,7-8,11-14H2,1-2H3. The van der Waals surface area contributed by atoms with E-state index in [2.05, 4.69) is 58.9 Å². The van der Waals surface area contributed by atoms with Crippen LogP contribution < -0.4 is 4.90 Å². The van der Waals surface area contributed by atoms with Crippen molar-refractivity contribution < 1.29 is 0 Å². The van der Waals surface area contributed by atoms with E-state index < -0.39 is 0 Å². The van der Waals surface area contributed by atoms with Gasteiger partial charge in [-0.3, -0.25) is 0 Å². The Bertz CT molecular complexity index is 396. The Labute approximate surface area is 126 Å². The molecule has 1 aromatic rings. The smallest absolute Gasteiger partial charge is 0.0396 e. The maximum Gasteiger partial charge on any atom is 0.0396 e. The van der Waals surface area contributed by atoms with Gasteiger partial charge >= 0.3 is 0 Å². The zero-order valence-electron chi connectivity index (χ0n) is 12.3. The molecule has 1 aliphatic carbocycles. The second-order valence-corrected chi connectivity index (χ2v) is 6.56. The highest BCUT2D eigenvalue weighted by molar-refractivity contribution is 9.09. The monoisotopic (exact) mass is 323 g/mol. The molecule has 0 radical (unpaired) electrons. The molecule has 2 rings (SSSR count). The number of aryl methyl sites for hydroxylation is 1. The minimum absolute atomic E-state index is 0.483. The lowest BCUT2D eigenvalue weighted by Crippen LogP contribution is -2.40. The molecule has 0 aromatic heterocycles. The number of halogens is 1. The summed E-state index contributed by atoms with van der Waals surface area (Å²) in [5.41, 5.74) is 3.29. The third-order valence-corrected chi connectivity index (χ3v) is 5.75. The molecule has 0 amide bonds. The molecule has 0 bridgehead atoms. The first-order valence-electron chi connectivity index (χ1n) is 7.57. The molecule has 0 saturated heterocycles. The average molecular weight is 324 g/mol. The van der Waals surface area contributed by atoms with Crippen molar-refractivity contribution in [2.24, 2.45) is 5.41 Å². The minimum atomic E-state index is 0.483. The van der Waals surface area contributed by atoms with Crippen molar-refractivity contribution in [3.05, 3.63) is 29.8 Å². The van der Waals surface area contributed by atoms with E-state index in [9.17, 15) is 0 Å². The van der Waals surface area contributed by atoms with Gasteiger partial charge in [0.2, 0.25) is 0 Å². The van der Waals surface area contributed by atoms with Gasteiger partial charge in [0.15, 0.2) is 0 Å². The summed E-state index contributed by atoms with van der Waals surface area (Å²) >= 11 is 3.79. The van der Waals surface area contributed by atoms with E-state index in [1.807, 2.05) is 0 Å². The largest absolute Gasteiger partial charge is 0.371 e. The molecule has 0 N–H and O–H groups in total. The molecule has 0 unspecified atom stereocenters. The number of benzene rings is 1. The molecular weight excluding hydrogens is 298 g/mol. The summed E-state index contributed by atoms with van der Waals surface area (Å²) in [4.78, 5) is 2.57. The van der Waals surface area contributed by atoms with Gasteiger partial charge in [0, 0.05) is 24.1 Å². The van der Waals surface area contributed by atoms with Crippen molar-refractivity contribution in [1.82, 2.24) is 0 Å². The summed E-state index contributed by atoms with van der Waals surface area (Å²) in [6.45, 7) is 6.79. The van der Waals surface area contributed by atoms with Gasteiger partial charge in [0.05, 0.1) is 0 Å². The Balaban J connectivity index is 2.16. The number of nitrogens with zero attached hydrogens (tertiary/aromatic N) is 1. The molecule has 2 heteroatoms. The number of anilines is 1. The van der Waals surface area contributed by atoms with E-state index in [1.165, 1.54) is 49.9 Å². The second-order valence-electron chi connectivity index (χ2n) is 5.99. The number of para-hydroxylation sites is 1. The third kappa shape index (κ3) is 3.53. The Morgan fingerprint density at radius 1 is 1.16 bits per heavy atom. The molecule has 1 saturated carbocycles. The predicted molar refractivity (Wildman–Crippen MR) is 88.4 cm³/mol. The summed E-state index contributed by atoms with van der Waals surface area (Å²) < 4.78 is 0. The lowest BCUT2D eigenvalue weighted by molar-refractivity contribution is 0.229. The molecule has 1 aromatic carbocycles. The molecule has 0 atom stereocenters. The maximum atomic E-state index is 3.79. The van der Waals surface area contributed by atoms with Crippen LogP contribution in [0.5, 0.6) is 0 Å². The Hall–Kier alpha value is -0.500. The zero-order chi connectivity index (χ0) is 13.7. The first-order chi connectivity index (χ1) is 9.21. The van der Waals surface area contributed by atoms with Crippen LogP contribution in [0, 0.1) is 12.3 Å².